The van der Waals surface area contributed by atoms with Crippen LogP contribution in [0.4, 0.5) is 4.39 Å². The molecule has 0 fully saturated rings. The van der Waals surface area contributed by atoms with Crippen LogP contribution in [0, 0.1) is 12.7 Å². The molecule has 0 bridgehead atoms. The van der Waals surface area contributed by atoms with Gasteiger partial charge in [0.25, 0.3) is 0 Å². The van der Waals surface area contributed by atoms with Gasteiger partial charge in [0.05, 0.1) is 0 Å². The van der Waals surface area contributed by atoms with E-state index in [1.54, 1.807) is 12.1 Å². The number of benzene rings is 2. The van der Waals surface area contributed by atoms with Gasteiger partial charge in [-0.25, -0.2) is 12.8 Å². The van der Waals surface area contributed by atoms with Crippen LogP contribution in [0.3, 0.4) is 0 Å². The minimum atomic E-state index is -3.82. The fraction of sp³-hybridized carbons (Fsp3) is 0.250. The Hall–Kier alpha value is -3.07. The van der Waals surface area contributed by atoms with Crippen molar-refractivity contribution in [2.75, 3.05) is 12.8 Å². The van der Waals surface area contributed by atoms with Crippen LogP contribution in [0.5, 0.6) is 0 Å². The number of sulfone groups is 1. The van der Waals surface area contributed by atoms with Gasteiger partial charge in [-0.05, 0) is 30.7 Å². The first kappa shape index (κ1) is 20.7. The fourth-order valence-corrected chi connectivity index (χ4v) is 3.94. The highest BCUT2D eigenvalue weighted by Crippen LogP contribution is 2.18. The lowest BCUT2D eigenvalue weighted by atomic mass is 10.1. The molecule has 0 unspecified atom stereocenters. The molecule has 0 saturated heterocycles. The predicted octanol–water partition coefficient (Wildman–Crippen LogP) is 2.76. The van der Waals surface area contributed by atoms with E-state index in [0.29, 0.717) is 11.1 Å². The van der Waals surface area contributed by atoms with Crippen LogP contribution < -0.4 is 0 Å². The van der Waals surface area contributed by atoms with E-state index in [1.165, 1.54) is 30.1 Å². The zero-order valence-electron chi connectivity index (χ0n) is 16.0. The second kappa shape index (κ2) is 8.52. The molecule has 0 aliphatic rings. The van der Waals surface area contributed by atoms with Crippen molar-refractivity contribution in [3.05, 3.63) is 71.4 Å². The lowest BCUT2D eigenvalue weighted by molar-refractivity contribution is -0.127. The van der Waals surface area contributed by atoms with Crippen molar-refractivity contribution in [3.8, 4) is 11.4 Å². The third-order valence-electron chi connectivity index (χ3n) is 4.17. The Morgan fingerprint density at radius 1 is 1.17 bits per heavy atom. The predicted molar refractivity (Wildman–Crippen MR) is 105 cm³/mol. The van der Waals surface area contributed by atoms with Crippen molar-refractivity contribution in [2.24, 2.45) is 0 Å². The van der Waals surface area contributed by atoms with Gasteiger partial charge in [-0.2, -0.15) is 4.98 Å². The van der Waals surface area contributed by atoms with Crippen LogP contribution >= 0.6 is 0 Å². The van der Waals surface area contributed by atoms with E-state index in [0.717, 1.165) is 5.56 Å². The lowest BCUT2D eigenvalue weighted by Crippen LogP contribution is -2.32. The molecule has 0 N–H and O–H groups in total. The smallest absolute Gasteiger partial charge is 0.242 e. The van der Waals surface area contributed by atoms with Crippen molar-refractivity contribution >= 4 is 15.7 Å². The SMILES string of the molecule is Cc1cccc(-c2noc(CS(=O)(=O)CC(=O)N(C)Cc3cccc(F)c3)n2)c1. The van der Waals surface area contributed by atoms with E-state index in [-0.39, 0.29) is 18.3 Å². The molecule has 2 aromatic carbocycles. The molecular formula is C20H20FN3O4S. The first-order valence-electron chi connectivity index (χ1n) is 8.80. The Balaban J connectivity index is 1.63. The number of hydrogen-bond donors (Lipinski definition) is 0. The van der Waals surface area contributed by atoms with Gasteiger partial charge in [-0.3, -0.25) is 4.79 Å². The Kier molecular flexibility index (Phi) is 6.07. The van der Waals surface area contributed by atoms with E-state index in [1.807, 2.05) is 25.1 Å². The molecule has 0 radical (unpaired) electrons. The topological polar surface area (TPSA) is 93.4 Å². The standard InChI is InChI=1S/C20H20FN3O4S/c1-14-5-3-7-16(9-14)20-22-18(28-23-20)12-29(26,27)13-19(25)24(2)11-15-6-4-8-17(21)10-15/h3-10H,11-13H2,1-2H3. The van der Waals surface area contributed by atoms with Gasteiger partial charge in [0.1, 0.15) is 17.3 Å². The third kappa shape index (κ3) is 5.71. The molecule has 152 valence electrons. The van der Waals surface area contributed by atoms with E-state index in [4.69, 9.17) is 4.52 Å². The molecule has 1 aromatic heterocycles. The largest absolute Gasteiger partial charge is 0.341 e. The number of rotatable bonds is 7. The van der Waals surface area contributed by atoms with Crippen LogP contribution in [-0.2, 0) is 26.9 Å². The number of halogens is 1. The quantitative estimate of drug-likeness (QED) is 0.587. The summed E-state index contributed by atoms with van der Waals surface area (Å²) in [6.07, 6.45) is 0. The molecule has 0 spiro atoms. The first-order valence-corrected chi connectivity index (χ1v) is 10.6. The van der Waals surface area contributed by atoms with Crippen LogP contribution in [-0.4, -0.2) is 42.2 Å². The minimum absolute atomic E-state index is 0.0814. The van der Waals surface area contributed by atoms with Crippen molar-refractivity contribution in [2.45, 2.75) is 19.2 Å². The summed E-state index contributed by atoms with van der Waals surface area (Å²) >= 11 is 0. The maximum absolute atomic E-state index is 13.3. The molecule has 1 amide bonds. The maximum atomic E-state index is 13.3. The molecule has 0 aliphatic heterocycles. The number of carbonyl (C=O) groups is 1. The van der Waals surface area contributed by atoms with Gasteiger partial charge in [0.2, 0.25) is 17.6 Å². The average molecular weight is 417 g/mol. The molecular weight excluding hydrogens is 397 g/mol. The summed E-state index contributed by atoms with van der Waals surface area (Å²) in [6, 6.07) is 13.2. The lowest BCUT2D eigenvalue weighted by Gasteiger charge is -2.17. The second-order valence-electron chi connectivity index (χ2n) is 6.79. The zero-order chi connectivity index (χ0) is 21.0. The molecule has 7 nitrogen and oxygen atoms in total. The van der Waals surface area contributed by atoms with Gasteiger partial charge < -0.3 is 9.42 Å². The van der Waals surface area contributed by atoms with Crippen molar-refractivity contribution < 1.29 is 22.1 Å². The molecule has 0 aliphatic carbocycles. The van der Waals surface area contributed by atoms with Gasteiger partial charge in [0.15, 0.2) is 9.84 Å². The molecule has 3 aromatic rings. The number of amides is 1. The van der Waals surface area contributed by atoms with E-state index in [9.17, 15) is 17.6 Å². The minimum Gasteiger partial charge on any atom is -0.341 e. The van der Waals surface area contributed by atoms with Gasteiger partial charge in [-0.1, -0.05) is 41.1 Å². The van der Waals surface area contributed by atoms with Crippen molar-refractivity contribution in [1.82, 2.24) is 15.0 Å². The van der Waals surface area contributed by atoms with Gasteiger partial charge in [-0.15, -0.1) is 0 Å². The Labute approximate surface area is 168 Å². The highest BCUT2D eigenvalue weighted by atomic mass is 32.2. The van der Waals surface area contributed by atoms with E-state index < -0.39 is 33.1 Å². The highest BCUT2D eigenvalue weighted by molar-refractivity contribution is 7.91. The number of carbonyl (C=O) groups excluding carboxylic acids is 1. The average Bonchev–Trinajstić information content (AvgIpc) is 3.09. The summed E-state index contributed by atoms with van der Waals surface area (Å²) in [5.74, 6) is -2.06. The maximum Gasteiger partial charge on any atom is 0.242 e. The summed E-state index contributed by atoms with van der Waals surface area (Å²) in [5, 5.41) is 3.81. The molecule has 29 heavy (non-hydrogen) atoms. The monoisotopic (exact) mass is 417 g/mol. The van der Waals surface area contributed by atoms with Crippen LogP contribution in [0.2, 0.25) is 0 Å². The van der Waals surface area contributed by atoms with Gasteiger partial charge >= 0.3 is 0 Å². The number of aromatic nitrogens is 2. The van der Waals surface area contributed by atoms with Crippen molar-refractivity contribution in [1.29, 1.82) is 0 Å². The Bertz CT molecular complexity index is 1130. The summed E-state index contributed by atoms with van der Waals surface area (Å²) in [5.41, 5.74) is 2.29. The van der Waals surface area contributed by atoms with Crippen molar-refractivity contribution in [3.63, 3.8) is 0 Å². The molecule has 0 atom stereocenters. The van der Waals surface area contributed by atoms with E-state index >= 15 is 0 Å². The molecule has 0 saturated carbocycles. The molecule has 3 rings (SSSR count). The summed E-state index contributed by atoms with van der Waals surface area (Å²) in [6.45, 7) is 2.02. The van der Waals surface area contributed by atoms with Crippen LogP contribution in [0.1, 0.15) is 17.0 Å². The number of aryl methyl sites for hydroxylation is 1. The number of hydrogen-bond acceptors (Lipinski definition) is 6. The Morgan fingerprint density at radius 2 is 1.93 bits per heavy atom. The zero-order valence-corrected chi connectivity index (χ0v) is 16.8. The van der Waals surface area contributed by atoms with Crippen LogP contribution in [0.15, 0.2) is 53.1 Å². The second-order valence-corrected chi connectivity index (χ2v) is 8.86. The summed E-state index contributed by atoms with van der Waals surface area (Å²) in [4.78, 5) is 17.6. The fourth-order valence-electron chi connectivity index (χ4n) is 2.75. The first-order chi connectivity index (χ1) is 13.7. The Morgan fingerprint density at radius 3 is 2.66 bits per heavy atom. The molecule has 9 heteroatoms. The number of nitrogens with zero attached hydrogens (tertiary/aromatic N) is 3. The normalized spacial score (nSPS) is 11.4. The summed E-state index contributed by atoms with van der Waals surface area (Å²) < 4.78 is 43.1. The van der Waals surface area contributed by atoms with Gasteiger partial charge in [0, 0.05) is 19.2 Å². The summed E-state index contributed by atoms with van der Waals surface area (Å²) in [7, 11) is -2.35. The van der Waals surface area contributed by atoms with E-state index in [2.05, 4.69) is 10.1 Å². The highest BCUT2D eigenvalue weighted by Gasteiger charge is 2.23. The van der Waals surface area contributed by atoms with Crippen LogP contribution in [0.25, 0.3) is 11.4 Å². The molecule has 1 heterocycles. The third-order valence-corrected chi connectivity index (χ3v) is 5.54.